The van der Waals surface area contributed by atoms with Crippen LogP contribution < -0.4 is 10.6 Å². The van der Waals surface area contributed by atoms with Crippen LogP contribution in [0.5, 0.6) is 5.75 Å². The quantitative estimate of drug-likeness (QED) is 0.285. The molecule has 3 amide bonds. The summed E-state index contributed by atoms with van der Waals surface area (Å²) in [7, 11) is 0. The van der Waals surface area contributed by atoms with Gasteiger partial charge in [0.25, 0.3) is 0 Å². The number of carbonyl (C=O) groups excluding carboxylic acids is 3. The molecular weight excluding hydrogens is 494 g/mol. The van der Waals surface area contributed by atoms with Gasteiger partial charge in [-0.2, -0.15) is 0 Å². The van der Waals surface area contributed by atoms with Gasteiger partial charge in [-0.05, 0) is 76.4 Å². The van der Waals surface area contributed by atoms with E-state index in [4.69, 9.17) is 11.2 Å². The summed E-state index contributed by atoms with van der Waals surface area (Å²) in [6, 6.07) is 11.0. The summed E-state index contributed by atoms with van der Waals surface area (Å²) in [5, 5.41) is 15.4. The Balaban J connectivity index is 2.52. The maximum absolute atomic E-state index is 14.2. The molecule has 39 heavy (non-hydrogen) atoms. The van der Waals surface area contributed by atoms with Crippen LogP contribution in [0.4, 0.5) is 4.79 Å². The number of phenols is 1. The second kappa shape index (κ2) is 14.2. The fraction of sp³-hybridized carbons (Fsp3) is 0.452. The molecule has 0 bridgehead atoms. The van der Waals surface area contributed by atoms with E-state index in [1.54, 1.807) is 57.2 Å². The Bertz CT molecular complexity index is 1140. The average molecular weight is 536 g/mol. The maximum atomic E-state index is 14.2. The van der Waals surface area contributed by atoms with Gasteiger partial charge in [-0.25, -0.2) is 4.79 Å². The largest absolute Gasteiger partial charge is 0.508 e. The molecule has 2 aromatic rings. The molecule has 0 fully saturated rings. The van der Waals surface area contributed by atoms with Crippen molar-refractivity contribution >= 4 is 17.9 Å². The van der Waals surface area contributed by atoms with Gasteiger partial charge in [-0.3, -0.25) is 9.59 Å². The van der Waals surface area contributed by atoms with Crippen molar-refractivity contribution in [2.24, 2.45) is 0 Å². The van der Waals surface area contributed by atoms with E-state index in [1.165, 1.54) is 17.0 Å². The van der Waals surface area contributed by atoms with Crippen molar-refractivity contribution in [3.05, 3.63) is 65.2 Å². The van der Waals surface area contributed by atoms with Crippen LogP contribution in [-0.4, -0.2) is 52.1 Å². The lowest BCUT2D eigenvalue weighted by molar-refractivity contribution is -0.144. The zero-order valence-corrected chi connectivity index (χ0v) is 23.8. The maximum Gasteiger partial charge on any atom is 0.408 e. The number of nitrogens with zero attached hydrogens (tertiary/aromatic N) is 1. The summed E-state index contributed by atoms with van der Waals surface area (Å²) in [6.07, 6.45) is 6.61. The summed E-state index contributed by atoms with van der Waals surface area (Å²) in [5.74, 6) is 1.89. The Morgan fingerprint density at radius 2 is 1.67 bits per heavy atom. The number of unbranched alkanes of at least 4 members (excludes halogenated alkanes) is 1. The van der Waals surface area contributed by atoms with Gasteiger partial charge >= 0.3 is 6.09 Å². The second-order valence-corrected chi connectivity index (χ2v) is 10.7. The molecule has 8 heteroatoms. The molecular formula is C31H41N3O5. The Kier molecular flexibility index (Phi) is 11.4. The predicted molar refractivity (Wildman–Crippen MR) is 152 cm³/mol. The first kappa shape index (κ1) is 31.2. The Morgan fingerprint density at radius 1 is 1.05 bits per heavy atom. The monoisotopic (exact) mass is 535 g/mol. The Hall–Kier alpha value is -3.99. The molecule has 2 rings (SSSR count). The SMILES string of the molecule is C#Cc1ccc(C(C(=O)NCCCC)N(C(=O)C(Cc2ccc(O)cc2)NC(=O)OC(C)(C)C)C(C)C)cc1. The fourth-order valence-electron chi connectivity index (χ4n) is 4.06. The van der Waals surface area contributed by atoms with E-state index in [0.717, 1.165) is 12.8 Å². The van der Waals surface area contributed by atoms with Crippen LogP contribution in [0, 0.1) is 12.3 Å². The molecule has 2 unspecified atom stereocenters. The zero-order chi connectivity index (χ0) is 29.2. The molecule has 0 radical (unpaired) electrons. The number of nitrogens with one attached hydrogen (secondary N) is 2. The number of rotatable bonds is 11. The first-order valence-corrected chi connectivity index (χ1v) is 13.3. The molecule has 0 aromatic heterocycles. The van der Waals surface area contributed by atoms with E-state index >= 15 is 0 Å². The van der Waals surface area contributed by atoms with Crippen molar-refractivity contribution in [2.45, 2.75) is 84.5 Å². The number of amides is 3. The average Bonchev–Trinajstić information content (AvgIpc) is 2.86. The lowest BCUT2D eigenvalue weighted by Gasteiger charge is -2.37. The summed E-state index contributed by atoms with van der Waals surface area (Å²) in [6.45, 7) is 11.4. The van der Waals surface area contributed by atoms with Gasteiger partial charge < -0.3 is 25.4 Å². The molecule has 0 heterocycles. The summed E-state index contributed by atoms with van der Waals surface area (Å²) in [4.78, 5) is 42.1. The van der Waals surface area contributed by atoms with E-state index in [1.807, 2.05) is 20.8 Å². The third-order valence-electron chi connectivity index (χ3n) is 5.93. The van der Waals surface area contributed by atoms with E-state index in [-0.39, 0.29) is 18.1 Å². The molecule has 0 saturated heterocycles. The number of carbonyl (C=O) groups is 3. The van der Waals surface area contributed by atoms with E-state index in [0.29, 0.717) is 23.2 Å². The van der Waals surface area contributed by atoms with Crippen LogP contribution in [0.15, 0.2) is 48.5 Å². The van der Waals surface area contributed by atoms with Gasteiger partial charge in [-0.15, -0.1) is 6.42 Å². The third-order valence-corrected chi connectivity index (χ3v) is 5.93. The molecule has 0 aliphatic rings. The molecule has 0 saturated carbocycles. The zero-order valence-electron chi connectivity index (χ0n) is 23.8. The van der Waals surface area contributed by atoms with Crippen LogP contribution in [0.2, 0.25) is 0 Å². The van der Waals surface area contributed by atoms with Gasteiger partial charge in [0.05, 0.1) is 0 Å². The minimum Gasteiger partial charge on any atom is -0.508 e. The predicted octanol–water partition coefficient (Wildman–Crippen LogP) is 4.70. The van der Waals surface area contributed by atoms with Gasteiger partial charge in [0.1, 0.15) is 23.4 Å². The highest BCUT2D eigenvalue weighted by Crippen LogP contribution is 2.26. The summed E-state index contributed by atoms with van der Waals surface area (Å²) < 4.78 is 5.44. The number of benzene rings is 2. The van der Waals surface area contributed by atoms with Gasteiger partial charge in [0.2, 0.25) is 11.8 Å². The second-order valence-electron chi connectivity index (χ2n) is 10.7. The first-order valence-electron chi connectivity index (χ1n) is 13.3. The van der Waals surface area contributed by atoms with Crippen molar-refractivity contribution < 1.29 is 24.2 Å². The number of phenolic OH excluding ortho intramolecular Hbond substituents is 1. The summed E-state index contributed by atoms with van der Waals surface area (Å²) in [5.41, 5.74) is 1.20. The van der Waals surface area contributed by atoms with Crippen LogP contribution >= 0.6 is 0 Å². The first-order chi connectivity index (χ1) is 18.4. The molecule has 0 aliphatic heterocycles. The van der Waals surface area contributed by atoms with Crippen LogP contribution in [0.3, 0.4) is 0 Å². The molecule has 3 N–H and O–H groups in total. The molecule has 8 nitrogen and oxygen atoms in total. The molecule has 2 aromatic carbocycles. The lowest BCUT2D eigenvalue weighted by Crippen LogP contribution is -2.55. The Morgan fingerprint density at radius 3 is 2.18 bits per heavy atom. The van der Waals surface area contributed by atoms with Crippen LogP contribution in [-0.2, 0) is 20.7 Å². The van der Waals surface area contributed by atoms with Crippen molar-refractivity contribution in [2.75, 3.05) is 6.54 Å². The molecule has 2 atom stereocenters. The van der Waals surface area contributed by atoms with Crippen molar-refractivity contribution in [3.8, 4) is 18.1 Å². The van der Waals surface area contributed by atoms with Crippen molar-refractivity contribution in [3.63, 3.8) is 0 Å². The number of hydrogen-bond acceptors (Lipinski definition) is 5. The fourth-order valence-corrected chi connectivity index (χ4v) is 4.06. The molecule has 0 aliphatic carbocycles. The highest BCUT2D eigenvalue weighted by atomic mass is 16.6. The number of terminal acetylenes is 1. The van der Waals surface area contributed by atoms with Crippen molar-refractivity contribution in [1.82, 2.24) is 15.5 Å². The topological polar surface area (TPSA) is 108 Å². The highest BCUT2D eigenvalue weighted by Gasteiger charge is 2.37. The van der Waals surface area contributed by atoms with Gasteiger partial charge in [0, 0.05) is 24.6 Å². The van der Waals surface area contributed by atoms with Crippen LogP contribution in [0.1, 0.15) is 77.1 Å². The lowest BCUT2D eigenvalue weighted by atomic mass is 9.98. The van der Waals surface area contributed by atoms with Crippen molar-refractivity contribution in [1.29, 1.82) is 0 Å². The number of ether oxygens (including phenoxy) is 1. The van der Waals surface area contributed by atoms with Gasteiger partial charge in [-0.1, -0.05) is 43.5 Å². The standard InChI is InChI=1S/C31H41N3O5/c1-8-10-19-32-28(36)27(24-15-11-22(9-2)12-16-24)34(21(3)4)29(37)26(33-30(38)39-31(5,6)7)20-23-13-17-25(35)18-14-23/h2,11-18,21,26-27,35H,8,10,19-20H2,1,3-7H3,(H,32,36)(H,33,38). The smallest absolute Gasteiger partial charge is 0.408 e. The molecule has 210 valence electrons. The third kappa shape index (κ3) is 9.68. The minimum absolute atomic E-state index is 0.0877. The van der Waals surface area contributed by atoms with E-state index < -0.39 is 35.7 Å². The van der Waals surface area contributed by atoms with E-state index in [9.17, 15) is 19.5 Å². The number of hydrogen-bond donors (Lipinski definition) is 3. The number of aromatic hydroxyl groups is 1. The van der Waals surface area contributed by atoms with Gasteiger partial charge in [0.15, 0.2) is 0 Å². The van der Waals surface area contributed by atoms with Crippen LogP contribution in [0.25, 0.3) is 0 Å². The Labute approximate surface area is 232 Å². The summed E-state index contributed by atoms with van der Waals surface area (Å²) >= 11 is 0. The normalized spacial score (nSPS) is 12.7. The minimum atomic E-state index is -1.04. The number of alkyl carbamates (subject to hydrolysis) is 1. The molecule has 0 spiro atoms. The highest BCUT2D eigenvalue weighted by molar-refractivity contribution is 5.92. The van der Waals surface area contributed by atoms with E-state index in [2.05, 4.69) is 16.6 Å².